The van der Waals surface area contributed by atoms with Crippen LogP contribution in [0.1, 0.15) is 32.3 Å². The molecule has 0 aromatic heterocycles. The lowest BCUT2D eigenvalue weighted by molar-refractivity contribution is 0.282. The van der Waals surface area contributed by atoms with Crippen molar-refractivity contribution in [1.82, 2.24) is 0 Å². The van der Waals surface area contributed by atoms with Crippen molar-refractivity contribution < 1.29 is 5.11 Å². The normalized spacial score (nSPS) is 12.5. The van der Waals surface area contributed by atoms with E-state index < -0.39 is 0 Å². The topological polar surface area (TPSA) is 32.3 Å². The molecule has 84 valence electrons. The average Bonchev–Trinajstić information content (AvgIpc) is 2.27. The number of anilines is 1. The summed E-state index contributed by atoms with van der Waals surface area (Å²) < 4.78 is 0. The van der Waals surface area contributed by atoms with Crippen molar-refractivity contribution in [3.8, 4) is 0 Å². The summed E-state index contributed by atoms with van der Waals surface area (Å²) in [5.41, 5.74) is 2.58. The molecule has 0 fully saturated rings. The third-order valence-corrected chi connectivity index (χ3v) is 2.60. The van der Waals surface area contributed by atoms with E-state index >= 15 is 0 Å². The zero-order valence-electron chi connectivity index (χ0n) is 9.66. The Morgan fingerprint density at radius 1 is 1.33 bits per heavy atom. The minimum absolute atomic E-state index is 0.279. The first-order chi connectivity index (χ1) is 7.27. The molecule has 1 aromatic rings. The molecule has 0 saturated heterocycles. The zero-order valence-corrected chi connectivity index (χ0v) is 9.66. The van der Waals surface area contributed by atoms with Gasteiger partial charge in [-0.3, -0.25) is 0 Å². The minimum atomic E-state index is 0.279. The van der Waals surface area contributed by atoms with E-state index in [-0.39, 0.29) is 6.61 Å². The van der Waals surface area contributed by atoms with Gasteiger partial charge in [-0.25, -0.2) is 0 Å². The SMILES string of the molecule is CCc1ccccc1NC(C)CCCO. The third-order valence-electron chi connectivity index (χ3n) is 2.60. The highest BCUT2D eigenvalue weighted by atomic mass is 16.2. The number of para-hydroxylation sites is 1. The van der Waals surface area contributed by atoms with Gasteiger partial charge >= 0.3 is 0 Å². The quantitative estimate of drug-likeness (QED) is 0.751. The first-order valence-corrected chi connectivity index (χ1v) is 5.73. The number of benzene rings is 1. The fourth-order valence-corrected chi connectivity index (χ4v) is 1.70. The number of aliphatic hydroxyl groups excluding tert-OH is 1. The summed E-state index contributed by atoms with van der Waals surface area (Å²) >= 11 is 0. The van der Waals surface area contributed by atoms with Crippen LogP contribution in [0, 0.1) is 0 Å². The van der Waals surface area contributed by atoms with E-state index in [9.17, 15) is 0 Å². The summed E-state index contributed by atoms with van der Waals surface area (Å²) in [7, 11) is 0. The number of hydrogen-bond acceptors (Lipinski definition) is 2. The maximum absolute atomic E-state index is 8.75. The van der Waals surface area contributed by atoms with Crippen molar-refractivity contribution in [2.45, 2.75) is 39.2 Å². The minimum Gasteiger partial charge on any atom is -0.396 e. The molecule has 0 aliphatic heterocycles. The first kappa shape index (κ1) is 12.1. The molecule has 2 heteroatoms. The smallest absolute Gasteiger partial charge is 0.0431 e. The van der Waals surface area contributed by atoms with E-state index in [0.29, 0.717) is 6.04 Å². The van der Waals surface area contributed by atoms with Crippen LogP contribution in [0.4, 0.5) is 5.69 Å². The van der Waals surface area contributed by atoms with E-state index in [1.165, 1.54) is 11.3 Å². The van der Waals surface area contributed by atoms with Gasteiger partial charge in [0.05, 0.1) is 0 Å². The molecule has 2 N–H and O–H groups in total. The number of hydrogen-bond donors (Lipinski definition) is 2. The summed E-state index contributed by atoms with van der Waals surface area (Å²) in [4.78, 5) is 0. The highest BCUT2D eigenvalue weighted by molar-refractivity contribution is 5.51. The second-order valence-corrected chi connectivity index (χ2v) is 3.92. The molecule has 0 radical (unpaired) electrons. The van der Waals surface area contributed by atoms with Crippen molar-refractivity contribution >= 4 is 5.69 Å². The van der Waals surface area contributed by atoms with Gasteiger partial charge in [0, 0.05) is 18.3 Å². The monoisotopic (exact) mass is 207 g/mol. The third kappa shape index (κ3) is 3.92. The number of nitrogens with one attached hydrogen (secondary N) is 1. The molecule has 0 amide bonds. The molecule has 0 aliphatic carbocycles. The van der Waals surface area contributed by atoms with E-state index in [4.69, 9.17) is 5.11 Å². The van der Waals surface area contributed by atoms with Crippen LogP contribution in [0.5, 0.6) is 0 Å². The number of aryl methyl sites for hydroxylation is 1. The molecule has 0 bridgehead atoms. The Kier molecular flexibility index (Phi) is 5.19. The first-order valence-electron chi connectivity index (χ1n) is 5.73. The largest absolute Gasteiger partial charge is 0.396 e. The van der Waals surface area contributed by atoms with E-state index in [0.717, 1.165) is 19.3 Å². The molecule has 1 rings (SSSR count). The lowest BCUT2D eigenvalue weighted by Crippen LogP contribution is -2.16. The Hall–Kier alpha value is -1.02. The molecular formula is C13H21NO. The molecule has 1 aromatic carbocycles. The van der Waals surface area contributed by atoms with Gasteiger partial charge in [0.25, 0.3) is 0 Å². The second-order valence-electron chi connectivity index (χ2n) is 3.92. The van der Waals surface area contributed by atoms with Gasteiger partial charge in [-0.15, -0.1) is 0 Å². The van der Waals surface area contributed by atoms with Gasteiger partial charge in [-0.05, 0) is 37.8 Å². The van der Waals surface area contributed by atoms with Gasteiger partial charge in [0.15, 0.2) is 0 Å². The van der Waals surface area contributed by atoms with Crippen molar-refractivity contribution in [2.75, 3.05) is 11.9 Å². The molecule has 2 nitrogen and oxygen atoms in total. The molecule has 0 aliphatic rings. The Morgan fingerprint density at radius 3 is 2.73 bits per heavy atom. The van der Waals surface area contributed by atoms with Crippen LogP contribution in [0.25, 0.3) is 0 Å². The predicted molar refractivity (Wildman–Crippen MR) is 65.2 cm³/mol. The van der Waals surface area contributed by atoms with Gasteiger partial charge < -0.3 is 10.4 Å². The summed E-state index contributed by atoms with van der Waals surface area (Å²) in [5, 5.41) is 12.2. The van der Waals surface area contributed by atoms with Crippen LogP contribution in [-0.2, 0) is 6.42 Å². The average molecular weight is 207 g/mol. The highest BCUT2D eigenvalue weighted by Crippen LogP contribution is 2.17. The number of aliphatic hydroxyl groups is 1. The van der Waals surface area contributed by atoms with E-state index in [1.54, 1.807) is 0 Å². The predicted octanol–water partition coefficient (Wildman–Crippen LogP) is 2.82. The maximum atomic E-state index is 8.75. The standard InChI is InChI=1S/C13H21NO/c1-3-12-8-4-5-9-13(12)14-11(2)7-6-10-15/h4-5,8-9,11,14-15H,3,6-7,10H2,1-2H3. The lowest BCUT2D eigenvalue weighted by Gasteiger charge is -2.17. The Balaban J connectivity index is 2.55. The molecule has 0 spiro atoms. The Bertz CT molecular complexity index is 286. The van der Waals surface area contributed by atoms with Crippen LogP contribution in [0.2, 0.25) is 0 Å². The Labute approximate surface area is 92.3 Å². The van der Waals surface area contributed by atoms with Crippen LogP contribution in [-0.4, -0.2) is 17.8 Å². The van der Waals surface area contributed by atoms with Crippen molar-refractivity contribution in [3.05, 3.63) is 29.8 Å². The Morgan fingerprint density at radius 2 is 2.07 bits per heavy atom. The number of rotatable bonds is 6. The molecule has 15 heavy (non-hydrogen) atoms. The maximum Gasteiger partial charge on any atom is 0.0431 e. The lowest BCUT2D eigenvalue weighted by atomic mass is 10.1. The zero-order chi connectivity index (χ0) is 11.1. The fourth-order valence-electron chi connectivity index (χ4n) is 1.70. The van der Waals surface area contributed by atoms with Gasteiger partial charge in [-0.2, -0.15) is 0 Å². The summed E-state index contributed by atoms with van der Waals surface area (Å²) in [6.45, 7) is 4.60. The molecular weight excluding hydrogens is 186 g/mol. The van der Waals surface area contributed by atoms with Gasteiger partial charge in [0.2, 0.25) is 0 Å². The van der Waals surface area contributed by atoms with Crippen molar-refractivity contribution in [3.63, 3.8) is 0 Å². The summed E-state index contributed by atoms with van der Waals surface area (Å²) in [5.74, 6) is 0. The van der Waals surface area contributed by atoms with Crippen LogP contribution >= 0.6 is 0 Å². The fraction of sp³-hybridized carbons (Fsp3) is 0.538. The molecule has 0 saturated carbocycles. The van der Waals surface area contributed by atoms with Crippen LogP contribution in [0.3, 0.4) is 0 Å². The molecule has 1 unspecified atom stereocenters. The molecule has 0 heterocycles. The van der Waals surface area contributed by atoms with Crippen molar-refractivity contribution in [2.24, 2.45) is 0 Å². The van der Waals surface area contributed by atoms with Crippen LogP contribution < -0.4 is 5.32 Å². The summed E-state index contributed by atoms with van der Waals surface area (Å²) in [6.07, 6.45) is 2.92. The second kappa shape index (κ2) is 6.46. The highest BCUT2D eigenvalue weighted by Gasteiger charge is 2.04. The van der Waals surface area contributed by atoms with Crippen molar-refractivity contribution in [1.29, 1.82) is 0 Å². The van der Waals surface area contributed by atoms with Gasteiger partial charge in [0.1, 0.15) is 0 Å². The van der Waals surface area contributed by atoms with Crippen LogP contribution in [0.15, 0.2) is 24.3 Å². The van der Waals surface area contributed by atoms with E-state index in [2.05, 4.69) is 43.4 Å². The van der Waals surface area contributed by atoms with Gasteiger partial charge in [-0.1, -0.05) is 25.1 Å². The summed E-state index contributed by atoms with van der Waals surface area (Å²) in [6, 6.07) is 8.82. The molecule has 1 atom stereocenters. The van der Waals surface area contributed by atoms with E-state index in [1.807, 2.05) is 0 Å².